The molecule has 0 bridgehead atoms. The Hall–Kier alpha value is -0.640. The fourth-order valence-corrected chi connectivity index (χ4v) is 1.67. The van der Waals surface area contributed by atoms with Crippen LogP contribution in [-0.4, -0.2) is 35.2 Å². The maximum absolute atomic E-state index is 8.66. The van der Waals surface area contributed by atoms with Crippen LogP contribution in [0.5, 0.6) is 0 Å². The van der Waals surface area contributed by atoms with E-state index < -0.39 is 0 Å². The Bertz CT molecular complexity index is 290. The Balaban J connectivity index is 2.23. The van der Waals surface area contributed by atoms with Crippen LogP contribution < -0.4 is 0 Å². The highest BCUT2D eigenvalue weighted by Crippen LogP contribution is 2.07. The van der Waals surface area contributed by atoms with Gasteiger partial charge in [-0.15, -0.1) is 0 Å². The first-order chi connectivity index (χ1) is 7.72. The van der Waals surface area contributed by atoms with Crippen LogP contribution in [0, 0.1) is 0 Å². The lowest BCUT2D eigenvalue weighted by atomic mass is 10.2. The van der Waals surface area contributed by atoms with Gasteiger partial charge in [-0.25, -0.2) is 4.98 Å². The van der Waals surface area contributed by atoms with E-state index >= 15 is 0 Å². The third kappa shape index (κ3) is 5.45. The number of pyridine rings is 1. The van der Waals surface area contributed by atoms with Crippen molar-refractivity contribution >= 4 is 11.6 Å². The summed E-state index contributed by atoms with van der Waals surface area (Å²) in [4.78, 5) is 6.30. The van der Waals surface area contributed by atoms with Crippen molar-refractivity contribution < 1.29 is 5.11 Å². The molecule has 3 nitrogen and oxygen atoms in total. The minimum absolute atomic E-state index is 0.296. The van der Waals surface area contributed by atoms with Crippen LogP contribution in [0.2, 0.25) is 5.15 Å². The van der Waals surface area contributed by atoms with Gasteiger partial charge in [-0.05, 0) is 44.5 Å². The molecule has 0 amide bonds. The van der Waals surface area contributed by atoms with Crippen LogP contribution in [0.15, 0.2) is 18.3 Å². The highest BCUT2D eigenvalue weighted by molar-refractivity contribution is 6.29. The molecule has 1 aromatic rings. The first-order valence-corrected chi connectivity index (χ1v) is 6.00. The van der Waals surface area contributed by atoms with Crippen molar-refractivity contribution in [3.05, 3.63) is 29.0 Å². The number of aromatic nitrogens is 1. The molecule has 1 rings (SSSR count). The van der Waals surface area contributed by atoms with Gasteiger partial charge in [0.2, 0.25) is 0 Å². The van der Waals surface area contributed by atoms with Gasteiger partial charge >= 0.3 is 0 Å². The summed E-state index contributed by atoms with van der Waals surface area (Å²) in [6.07, 6.45) is 4.92. The van der Waals surface area contributed by atoms with Gasteiger partial charge in [0.15, 0.2) is 0 Å². The summed E-state index contributed by atoms with van der Waals surface area (Å²) in [5, 5.41) is 9.19. The van der Waals surface area contributed by atoms with E-state index in [0.717, 1.165) is 32.4 Å². The summed E-state index contributed by atoms with van der Waals surface area (Å²) in [6.45, 7) is 2.23. The summed E-state index contributed by atoms with van der Waals surface area (Å²) in [7, 11) is 2.09. The van der Waals surface area contributed by atoms with Gasteiger partial charge in [0, 0.05) is 19.3 Å². The standard InChI is InChI=1S/C12H19ClN2O/c1-15(7-3-2-4-8-16)10-11-5-6-12(13)14-9-11/h5-6,9,16H,2-4,7-8,10H2,1H3. The Morgan fingerprint density at radius 1 is 1.31 bits per heavy atom. The lowest BCUT2D eigenvalue weighted by Crippen LogP contribution is -2.19. The molecule has 90 valence electrons. The van der Waals surface area contributed by atoms with Crippen LogP contribution >= 0.6 is 11.6 Å². The molecule has 0 unspecified atom stereocenters. The predicted octanol–water partition coefficient (Wildman–Crippen LogP) is 2.33. The van der Waals surface area contributed by atoms with Gasteiger partial charge in [0.05, 0.1) is 0 Å². The molecule has 0 saturated heterocycles. The van der Waals surface area contributed by atoms with Crippen LogP contribution in [0.4, 0.5) is 0 Å². The van der Waals surface area contributed by atoms with Gasteiger partial charge < -0.3 is 10.0 Å². The number of hydrogen-bond donors (Lipinski definition) is 1. The van der Waals surface area contributed by atoms with Gasteiger partial charge in [-0.2, -0.15) is 0 Å². The molecule has 1 aromatic heterocycles. The largest absolute Gasteiger partial charge is 0.396 e. The summed E-state index contributed by atoms with van der Waals surface area (Å²) >= 11 is 5.72. The fourth-order valence-electron chi connectivity index (χ4n) is 1.56. The van der Waals surface area contributed by atoms with Crippen molar-refractivity contribution in [3.8, 4) is 0 Å². The smallest absolute Gasteiger partial charge is 0.129 e. The summed E-state index contributed by atoms with van der Waals surface area (Å²) in [6, 6.07) is 3.82. The highest BCUT2D eigenvalue weighted by atomic mass is 35.5. The Morgan fingerprint density at radius 2 is 2.12 bits per heavy atom. The molecule has 0 aromatic carbocycles. The number of rotatable bonds is 7. The Kier molecular flexibility index (Phi) is 6.38. The number of nitrogens with zero attached hydrogens (tertiary/aromatic N) is 2. The molecule has 1 N–H and O–H groups in total. The average Bonchev–Trinajstić information content (AvgIpc) is 2.28. The lowest BCUT2D eigenvalue weighted by Gasteiger charge is -2.16. The molecule has 0 atom stereocenters. The summed E-state index contributed by atoms with van der Waals surface area (Å²) in [5.74, 6) is 0. The SMILES string of the molecule is CN(CCCCCO)Cc1ccc(Cl)nc1. The van der Waals surface area contributed by atoms with Crippen LogP contribution in [-0.2, 0) is 6.54 Å². The Labute approximate surface area is 102 Å². The maximum atomic E-state index is 8.66. The molecule has 16 heavy (non-hydrogen) atoms. The van der Waals surface area contributed by atoms with E-state index in [1.54, 1.807) is 0 Å². The van der Waals surface area contributed by atoms with Crippen LogP contribution in [0.1, 0.15) is 24.8 Å². The molecular formula is C12H19ClN2O. The van der Waals surface area contributed by atoms with E-state index in [9.17, 15) is 0 Å². The second-order valence-electron chi connectivity index (χ2n) is 4.01. The molecule has 0 aliphatic carbocycles. The summed E-state index contributed by atoms with van der Waals surface area (Å²) < 4.78 is 0. The van der Waals surface area contributed by atoms with E-state index in [2.05, 4.69) is 16.9 Å². The predicted molar refractivity (Wildman–Crippen MR) is 66.5 cm³/mol. The molecular weight excluding hydrogens is 224 g/mol. The average molecular weight is 243 g/mol. The second kappa shape index (κ2) is 7.60. The molecule has 0 saturated carbocycles. The molecule has 1 heterocycles. The van der Waals surface area contributed by atoms with E-state index in [4.69, 9.17) is 16.7 Å². The van der Waals surface area contributed by atoms with Crippen molar-refractivity contribution in [1.29, 1.82) is 0 Å². The lowest BCUT2D eigenvalue weighted by molar-refractivity contribution is 0.271. The van der Waals surface area contributed by atoms with Gasteiger partial charge in [-0.1, -0.05) is 17.7 Å². The minimum atomic E-state index is 0.296. The van der Waals surface area contributed by atoms with Crippen molar-refractivity contribution in [2.24, 2.45) is 0 Å². The van der Waals surface area contributed by atoms with Gasteiger partial charge in [-0.3, -0.25) is 0 Å². The topological polar surface area (TPSA) is 36.4 Å². The first-order valence-electron chi connectivity index (χ1n) is 5.62. The third-order valence-corrected chi connectivity index (χ3v) is 2.66. The molecule has 0 aliphatic rings. The molecule has 0 fully saturated rings. The zero-order valence-corrected chi connectivity index (χ0v) is 10.5. The zero-order chi connectivity index (χ0) is 11.8. The molecule has 0 aliphatic heterocycles. The quantitative estimate of drug-likeness (QED) is 0.589. The minimum Gasteiger partial charge on any atom is -0.396 e. The number of halogens is 1. The first kappa shape index (κ1) is 13.4. The maximum Gasteiger partial charge on any atom is 0.129 e. The van der Waals surface area contributed by atoms with E-state index in [-0.39, 0.29) is 0 Å². The molecule has 0 spiro atoms. The zero-order valence-electron chi connectivity index (χ0n) is 9.69. The van der Waals surface area contributed by atoms with Crippen LogP contribution in [0.3, 0.4) is 0 Å². The normalized spacial score (nSPS) is 11.0. The molecule has 0 radical (unpaired) electrons. The van der Waals surface area contributed by atoms with Crippen molar-refractivity contribution in [2.45, 2.75) is 25.8 Å². The number of hydrogen-bond acceptors (Lipinski definition) is 3. The van der Waals surface area contributed by atoms with E-state index in [0.29, 0.717) is 11.8 Å². The Morgan fingerprint density at radius 3 is 2.75 bits per heavy atom. The summed E-state index contributed by atoms with van der Waals surface area (Å²) in [5.41, 5.74) is 1.18. The number of unbranched alkanes of at least 4 members (excludes halogenated alkanes) is 2. The third-order valence-electron chi connectivity index (χ3n) is 2.44. The van der Waals surface area contributed by atoms with Crippen molar-refractivity contribution in [2.75, 3.05) is 20.2 Å². The van der Waals surface area contributed by atoms with Crippen molar-refractivity contribution in [1.82, 2.24) is 9.88 Å². The van der Waals surface area contributed by atoms with Crippen LogP contribution in [0.25, 0.3) is 0 Å². The monoisotopic (exact) mass is 242 g/mol. The second-order valence-corrected chi connectivity index (χ2v) is 4.40. The molecule has 4 heteroatoms. The van der Waals surface area contributed by atoms with Crippen molar-refractivity contribution in [3.63, 3.8) is 0 Å². The van der Waals surface area contributed by atoms with E-state index in [1.165, 1.54) is 5.56 Å². The van der Waals surface area contributed by atoms with E-state index in [1.807, 2.05) is 18.3 Å². The highest BCUT2D eigenvalue weighted by Gasteiger charge is 2.00. The van der Waals surface area contributed by atoms with Gasteiger partial charge in [0.25, 0.3) is 0 Å². The number of aliphatic hydroxyl groups is 1. The van der Waals surface area contributed by atoms with Gasteiger partial charge in [0.1, 0.15) is 5.15 Å². The fraction of sp³-hybridized carbons (Fsp3) is 0.583. The number of aliphatic hydroxyl groups excluding tert-OH is 1.